The van der Waals surface area contributed by atoms with Gasteiger partial charge in [0.1, 0.15) is 6.04 Å². The van der Waals surface area contributed by atoms with E-state index in [2.05, 4.69) is 5.32 Å². The zero-order chi connectivity index (χ0) is 28.3. The van der Waals surface area contributed by atoms with Gasteiger partial charge in [0.2, 0.25) is 17.7 Å². The first-order valence-corrected chi connectivity index (χ1v) is 12.4. The average molecular weight is 540 g/mol. The molecule has 0 aromatic heterocycles. The Morgan fingerprint density at radius 2 is 1.50 bits per heavy atom. The van der Waals surface area contributed by atoms with E-state index in [1.165, 1.54) is 42.5 Å². The monoisotopic (exact) mass is 539 g/mol. The van der Waals surface area contributed by atoms with Crippen molar-refractivity contribution in [3.63, 3.8) is 0 Å². The van der Waals surface area contributed by atoms with Gasteiger partial charge in [-0.3, -0.25) is 34.6 Å². The topological polar surface area (TPSA) is 156 Å². The van der Waals surface area contributed by atoms with Crippen molar-refractivity contribution in [2.75, 3.05) is 15.1 Å². The van der Waals surface area contributed by atoms with Crippen molar-refractivity contribution in [1.29, 1.82) is 0 Å². The predicted molar refractivity (Wildman–Crippen MR) is 145 cm³/mol. The first-order chi connectivity index (χ1) is 19.2. The average Bonchev–Trinajstić information content (AvgIpc) is 3.41. The van der Waals surface area contributed by atoms with Crippen LogP contribution in [0.2, 0.25) is 0 Å². The van der Waals surface area contributed by atoms with Crippen molar-refractivity contribution in [2.24, 2.45) is 11.8 Å². The van der Waals surface area contributed by atoms with Crippen LogP contribution < -0.4 is 15.1 Å². The van der Waals surface area contributed by atoms with E-state index in [-0.39, 0.29) is 17.1 Å². The van der Waals surface area contributed by atoms with Gasteiger partial charge in [-0.05, 0) is 42.3 Å². The van der Waals surface area contributed by atoms with Crippen molar-refractivity contribution in [3.8, 4) is 0 Å². The summed E-state index contributed by atoms with van der Waals surface area (Å²) in [6, 6.07) is 14.9. The maximum Gasteiger partial charge on any atom is 0.269 e. The number of hydrogen-bond acceptors (Lipinski definition) is 8. The van der Waals surface area contributed by atoms with E-state index in [0.29, 0.717) is 16.9 Å². The second kappa shape index (κ2) is 9.12. The first-order valence-electron chi connectivity index (χ1n) is 12.4. The summed E-state index contributed by atoms with van der Waals surface area (Å²) in [5, 5.41) is 25.0. The van der Waals surface area contributed by atoms with Crippen molar-refractivity contribution >= 4 is 52.2 Å². The SMILES string of the molecule is Cc1cc([N+](=O)[O-])ccc1N1C(=O)C2C(C1=O)C(C(=O)Nc1ccc([N+](=O)[O-])cc1)N1c3ccccc3C=CC21. The molecule has 4 unspecified atom stereocenters. The number of nitrogens with one attached hydrogen (secondary N) is 1. The van der Waals surface area contributed by atoms with Crippen LogP contribution in [0.5, 0.6) is 0 Å². The summed E-state index contributed by atoms with van der Waals surface area (Å²) in [4.78, 5) is 65.7. The van der Waals surface area contributed by atoms with Crippen LogP contribution >= 0.6 is 0 Å². The molecule has 4 atom stereocenters. The van der Waals surface area contributed by atoms with Gasteiger partial charge < -0.3 is 10.2 Å². The van der Waals surface area contributed by atoms with Gasteiger partial charge in [0.25, 0.3) is 11.4 Å². The standard InChI is InChI=1S/C28H21N5O7/c1-15-14-19(33(39)40)11-13-20(15)31-27(35)23-22-12-6-16-4-2-3-5-21(16)30(22)25(24(23)28(31)36)26(34)29-17-7-9-18(10-8-17)32(37)38/h2-14,22-25H,1H3,(H,29,34). The Balaban J connectivity index is 1.41. The number of hydrogen-bond donors (Lipinski definition) is 1. The highest BCUT2D eigenvalue weighted by Gasteiger charge is 2.64. The molecular formula is C28H21N5O7. The molecule has 3 aromatic carbocycles. The number of nitro benzene ring substituents is 2. The lowest BCUT2D eigenvalue weighted by molar-refractivity contribution is -0.385. The predicted octanol–water partition coefficient (Wildman–Crippen LogP) is 3.84. The minimum absolute atomic E-state index is 0.139. The van der Waals surface area contributed by atoms with Gasteiger partial charge in [0, 0.05) is 35.6 Å². The number of imide groups is 1. The molecule has 6 rings (SSSR count). The van der Waals surface area contributed by atoms with Crippen LogP contribution in [0.25, 0.3) is 6.08 Å². The zero-order valence-corrected chi connectivity index (χ0v) is 21.0. The normalized spacial score (nSPS) is 22.5. The number of non-ortho nitro benzene ring substituents is 2. The summed E-state index contributed by atoms with van der Waals surface area (Å²) in [7, 11) is 0. The maximum atomic E-state index is 14.0. The van der Waals surface area contributed by atoms with E-state index in [1.54, 1.807) is 11.8 Å². The van der Waals surface area contributed by atoms with Crippen LogP contribution in [-0.4, -0.2) is 39.7 Å². The quantitative estimate of drug-likeness (QED) is 0.291. The third-order valence-electron chi connectivity index (χ3n) is 7.66. The molecule has 3 aliphatic heterocycles. The summed E-state index contributed by atoms with van der Waals surface area (Å²) in [6.07, 6.45) is 3.68. The second-order valence-corrected chi connectivity index (χ2v) is 9.85. The van der Waals surface area contributed by atoms with Crippen LogP contribution in [0.3, 0.4) is 0 Å². The number of rotatable bonds is 5. The molecule has 0 spiro atoms. The minimum Gasteiger partial charge on any atom is -0.351 e. The molecule has 1 N–H and O–H groups in total. The van der Waals surface area contributed by atoms with Gasteiger partial charge in [-0.2, -0.15) is 0 Å². The van der Waals surface area contributed by atoms with Crippen LogP contribution in [0.15, 0.2) is 72.8 Å². The number of anilines is 3. The Morgan fingerprint density at radius 3 is 2.17 bits per heavy atom. The summed E-state index contributed by atoms with van der Waals surface area (Å²) < 4.78 is 0. The highest BCUT2D eigenvalue weighted by atomic mass is 16.6. The number of fused-ring (bicyclic) bond motifs is 5. The Bertz CT molecular complexity index is 1650. The van der Waals surface area contributed by atoms with E-state index in [1.807, 2.05) is 36.4 Å². The van der Waals surface area contributed by atoms with Crippen LogP contribution in [0.1, 0.15) is 11.1 Å². The van der Waals surface area contributed by atoms with Gasteiger partial charge in [0.15, 0.2) is 0 Å². The molecule has 2 fully saturated rings. The van der Waals surface area contributed by atoms with Crippen molar-refractivity contribution in [1.82, 2.24) is 0 Å². The molecular weight excluding hydrogens is 518 g/mol. The Labute approximate surface area is 226 Å². The van der Waals surface area contributed by atoms with Crippen LogP contribution in [0, 0.1) is 39.0 Å². The fraction of sp³-hybridized carbons (Fsp3) is 0.179. The molecule has 3 amide bonds. The zero-order valence-electron chi connectivity index (χ0n) is 21.0. The van der Waals surface area contributed by atoms with E-state index in [9.17, 15) is 34.6 Å². The molecule has 200 valence electrons. The largest absolute Gasteiger partial charge is 0.351 e. The molecule has 12 heteroatoms. The lowest BCUT2D eigenvalue weighted by atomic mass is 9.88. The number of carbonyl (C=O) groups is 3. The number of para-hydroxylation sites is 1. The molecule has 3 aliphatic rings. The Hall–Kier alpha value is -5.39. The fourth-order valence-corrected chi connectivity index (χ4v) is 5.94. The first kappa shape index (κ1) is 24.9. The van der Waals surface area contributed by atoms with Gasteiger partial charge in [-0.15, -0.1) is 0 Å². The summed E-state index contributed by atoms with van der Waals surface area (Å²) in [5.74, 6) is -3.52. The molecule has 12 nitrogen and oxygen atoms in total. The maximum absolute atomic E-state index is 14.0. The van der Waals surface area contributed by atoms with E-state index >= 15 is 0 Å². The van der Waals surface area contributed by atoms with Crippen molar-refractivity contribution < 1.29 is 24.2 Å². The fourth-order valence-electron chi connectivity index (χ4n) is 5.94. The van der Waals surface area contributed by atoms with E-state index in [0.717, 1.165) is 10.5 Å². The molecule has 0 aliphatic carbocycles. The number of nitro groups is 2. The van der Waals surface area contributed by atoms with E-state index < -0.39 is 51.5 Å². The van der Waals surface area contributed by atoms with Crippen molar-refractivity contribution in [2.45, 2.75) is 19.0 Å². The molecule has 40 heavy (non-hydrogen) atoms. The second-order valence-electron chi connectivity index (χ2n) is 9.85. The summed E-state index contributed by atoms with van der Waals surface area (Å²) in [5.41, 5.74) is 2.14. The van der Waals surface area contributed by atoms with Crippen LogP contribution in [0.4, 0.5) is 28.4 Å². The van der Waals surface area contributed by atoms with Crippen molar-refractivity contribution in [3.05, 3.63) is 104 Å². The Kier molecular flexibility index (Phi) is 5.68. The number of nitrogens with zero attached hydrogens (tertiary/aromatic N) is 4. The third-order valence-corrected chi connectivity index (χ3v) is 7.66. The number of aryl methyl sites for hydroxylation is 1. The molecule has 0 radical (unpaired) electrons. The highest BCUT2D eigenvalue weighted by Crippen LogP contribution is 2.49. The molecule has 0 bridgehead atoms. The smallest absolute Gasteiger partial charge is 0.269 e. The third kappa shape index (κ3) is 3.72. The molecule has 0 saturated carbocycles. The number of amides is 3. The number of carbonyl (C=O) groups excluding carboxylic acids is 3. The highest BCUT2D eigenvalue weighted by molar-refractivity contribution is 6.25. The van der Waals surface area contributed by atoms with Gasteiger partial charge in [-0.1, -0.05) is 30.4 Å². The number of benzene rings is 3. The molecule has 2 saturated heterocycles. The molecule has 3 heterocycles. The van der Waals surface area contributed by atoms with Crippen LogP contribution in [-0.2, 0) is 14.4 Å². The summed E-state index contributed by atoms with van der Waals surface area (Å²) in [6.45, 7) is 1.58. The lowest BCUT2D eigenvalue weighted by Crippen LogP contribution is -2.50. The van der Waals surface area contributed by atoms with Gasteiger partial charge in [-0.25, -0.2) is 4.90 Å². The molecule has 3 aromatic rings. The minimum atomic E-state index is -1.07. The summed E-state index contributed by atoms with van der Waals surface area (Å²) >= 11 is 0. The van der Waals surface area contributed by atoms with Gasteiger partial charge in [0.05, 0.1) is 33.4 Å². The Morgan fingerprint density at radius 1 is 0.850 bits per heavy atom. The van der Waals surface area contributed by atoms with Gasteiger partial charge >= 0.3 is 0 Å². The van der Waals surface area contributed by atoms with E-state index in [4.69, 9.17) is 0 Å². The lowest BCUT2D eigenvalue weighted by Gasteiger charge is -2.36.